The Labute approximate surface area is 105 Å². The Morgan fingerprint density at radius 1 is 1.50 bits per heavy atom. The summed E-state index contributed by atoms with van der Waals surface area (Å²) >= 11 is 0. The summed E-state index contributed by atoms with van der Waals surface area (Å²) in [5.74, 6) is -2.00. The minimum atomic E-state index is -3.09. The van der Waals surface area contributed by atoms with Crippen molar-refractivity contribution in [1.82, 2.24) is 5.32 Å². The van der Waals surface area contributed by atoms with Gasteiger partial charge < -0.3 is 15.2 Å². The number of aliphatic carboxylic acids is 1. The van der Waals surface area contributed by atoms with Gasteiger partial charge in [-0.2, -0.15) is 0 Å². The van der Waals surface area contributed by atoms with E-state index >= 15 is 0 Å². The summed E-state index contributed by atoms with van der Waals surface area (Å²) in [7, 11) is -1.73. The average Bonchev–Trinajstić information content (AvgIpc) is 2.64. The summed E-state index contributed by atoms with van der Waals surface area (Å²) in [5.41, 5.74) is 0. The molecular formula is C10H17NO6S. The van der Waals surface area contributed by atoms with Crippen LogP contribution < -0.4 is 5.32 Å². The Kier molecular flexibility index (Phi) is 5.09. The first kappa shape index (κ1) is 14.9. The van der Waals surface area contributed by atoms with Crippen molar-refractivity contribution < 1.29 is 27.9 Å². The Balaban J connectivity index is 2.39. The second kappa shape index (κ2) is 6.14. The van der Waals surface area contributed by atoms with Gasteiger partial charge in [-0.1, -0.05) is 0 Å². The lowest BCUT2D eigenvalue weighted by atomic mass is 10.1. The number of ether oxygens (including phenoxy) is 1. The van der Waals surface area contributed by atoms with Crippen LogP contribution in [-0.2, 0) is 24.2 Å². The van der Waals surface area contributed by atoms with Gasteiger partial charge in [0.15, 0.2) is 9.84 Å². The highest BCUT2D eigenvalue weighted by Gasteiger charge is 2.33. The van der Waals surface area contributed by atoms with E-state index in [-0.39, 0.29) is 30.4 Å². The highest BCUT2D eigenvalue weighted by Crippen LogP contribution is 2.18. The standard InChI is InChI=1S/C10H17NO6S/c1-17-8(4-9(12)13)5-11-10(14)7-2-3-18(15,16)6-7/h7-8H,2-6H2,1H3,(H,11,14)(H,12,13). The maximum atomic E-state index is 11.7. The normalized spacial score (nSPS) is 23.5. The number of methoxy groups -OCH3 is 1. The lowest BCUT2D eigenvalue weighted by Crippen LogP contribution is -2.38. The molecule has 1 rings (SSSR count). The second-order valence-electron chi connectivity index (χ2n) is 4.30. The van der Waals surface area contributed by atoms with Crippen molar-refractivity contribution in [2.75, 3.05) is 25.2 Å². The number of sulfone groups is 1. The molecule has 0 aliphatic carbocycles. The number of carbonyl (C=O) groups excluding carboxylic acids is 1. The van der Waals surface area contributed by atoms with Crippen LogP contribution in [0.25, 0.3) is 0 Å². The molecule has 1 aliphatic heterocycles. The number of hydrogen-bond donors (Lipinski definition) is 2. The fourth-order valence-corrected chi connectivity index (χ4v) is 3.54. The van der Waals surface area contributed by atoms with Crippen molar-refractivity contribution >= 4 is 21.7 Å². The van der Waals surface area contributed by atoms with Crippen LogP contribution in [0, 0.1) is 5.92 Å². The molecule has 2 atom stereocenters. The van der Waals surface area contributed by atoms with Crippen LogP contribution in [0.1, 0.15) is 12.8 Å². The third kappa shape index (κ3) is 4.61. The Hall–Kier alpha value is -1.15. The van der Waals surface area contributed by atoms with Crippen molar-refractivity contribution in [3.05, 3.63) is 0 Å². The molecule has 0 bridgehead atoms. The topological polar surface area (TPSA) is 110 Å². The molecule has 7 nitrogen and oxygen atoms in total. The van der Waals surface area contributed by atoms with Crippen molar-refractivity contribution in [2.45, 2.75) is 18.9 Å². The summed E-state index contributed by atoms with van der Waals surface area (Å²) in [6, 6.07) is 0. The van der Waals surface area contributed by atoms with Gasteiger partial charge in [-0.15, -0.1) is 0 Å². The minimum absolute atomic E-state index is 0.0356. The van der Waals surface area contributed by atoms with Crippen LogP contribution >= 0.6 is 0 Å². The number of carboxylic acid groups (broad SMARTS) is 1. The van der Waals surface area contributed by atoms with E-state index < -0.39 is 27.8 Å². The number of carboxylic acids is 1. The summed E-state index contributed by atoms with van der Waals surface area (Å²) in [6.07, 6.45) is -0.491. The van der Waals surface area contributed by atoms with E-state index in [4.69, 9.17) is 9.84 Å². The number of carbonyl (C=O) groups is 2. The average molecular weight is 279 g/mol. The van der Waals surface area contributed by atoms with E-state index in [0.29, 0.717) is 6.42 Å². The Morgan fingerprint density at radius 3 is 2.61 bits per heavy atom. The van der Waals surface area contributed by atoms with Crippen LogP contribution in [0.3, 0.4) is 0 Å². The molecule has 0 aromatic heterocycles. The van der Waals surface area contributed by atoms with Gasteiger partial charge in [0.25, 0.3) is 0 Å². The lowest BCUT2D eigenvalue weighted by Gasteiger charge is -2.15. The molecule has 0 aromatic carbocycles. The molecule has 1 aliphatic rings. The van der Waals surface area contributed by atoms with Gasteiger partial charge in [-0.25, -0.2) is 8.42 Å². The van der Waals surface area contributed by atoms with Crippen molar-refractivity contribution in [1.29, 1.82) is 0 Å². The molecule has 0 radical (unpaired) electrons. The molecule has 1 saturated heterocycles. The number of amides is 1. The van der Waals surface area contributed by atoms with Crippen LogP contribution in [-0.4, -0.2) is 56.7 Å². The zero-order chi connectivity index (χ0) is 13.8. The monoisotopic (exact) mass is 279 g/mol. The fourth-order valence-electron chi connectivity index (χ4n) is 1.79. The molecule has 0 aromatic rings. The maximum absolute atomic E-state index is 11.7. The molecule has 18 heavy (non-hydrogen) atoms. The second-order valence-corrected chi connectivity index (χ2v) is 6.53. The first-order chi connectivity index (χ1) is 8.34. The summed E-state index contributed by atoms with van der Waals surface area (Å²) in [5, 5.41) is 11.1. The van der Waals surface area contributed by atoms with Crippen LogP contribution in [0.4, 0.5) is 0 Å². The third-order valence-electron chi connectivity index (χ3n) is 2.84. The van der Waals surface area contributed by atoms with Gasteiger partial charge in [0, 0.05) is 13.7 Å². The summed E-state index contributed by atoms with van der Waals surface area (Å²) < 4.78 is 27.3. The van der Waals surface area contributed by atoms with Crippen molar-refractivity contribution in [2.24, 2.45) is 5.92 Å². The van der Waals surface area contributed by atoms with E-state index in [1.165, 1.54) is 7.11 Å². The molecule has 1 heterocycles. The first-order valence-electron chi connectivity index (χ1n) is 5.57. The van der Waals surface area contributed by atoms with Gasteiger partial charge >= 0.3 is 5.97 Å². The number of nitrogens with one attached hydrogen (secondary N) is 1. The van der Waals surface area contributed by atoms with Crippen LogP contribution in [0.15, 0.2) is 0 Å². The molecular weight excluding hydrogens is 262 g/mol. The highest BCUT2D eigenvalue weighted by atomic mass is 32.2. The Morgan fingerprint density at radius 2 is 2.17 bits per heavy atom. The SMILES string of the molecule is COC(CNC(=O)C1CCS(=O)(=O)C1)CC(=O)O. The highest BCUT2D eigenvalue weighted by molar-refractivity contribution is 7.91. The molecule has 0 saturated carbocycles. The van der Waals surface area contributed by atoms with Crippen LogP contribution in [0.2, 0.25) is 0 Å². The van der Waals surface area contributed by atoms with Crippen molar-refractivity contribution in [3.63, 3.8) is 0 Å². The zero-order valence-electron chi connectivity index (χ0n) is 10.1. The molecule has 1 amide bonds. The quantitative estimate of drug-likeness (QED) is 0.647. The Bertz CT molecular complexity index is 418. The van der Waals surface area contributed by atoms with Gasteiger partial charge in [-0.3, -0.25) is 9.59 Å². The number of rotatable bonds is 6. The zero-order valence-corrected chi connectivity index (χ0v) is 10.9. The van der Waals surface area contributed by atoms with E-state index in [9.17, 15) is 18.0 Å². The predicted octanol–water partition coefficient (Wildman–Crippen LogP) is -0.973. The lowest BCUT2D eigenvalue weighted by molar-refractivity contribution is -0.140. The molecule has 2 N–H and O–H groups in total. The van der Waals surface area contributed by atoms with E-state index in [1.807, 2.05) is 0 Å². The number of hydrogen-bond acceptors (Lipinski definition) is 5. The molecule has 104 valence electrons. The smallest absolute Gasteiger partial charge is 0.306 e. The van der Waals surface area contributed by atoms with Gasteiger partial charge in [0.2, 0.25) is 5.91 Å². The summed E-state index contributed by atoms with van der Waals surface area (Å²) in [6.45, 7) is 0.0676. The molecule has 8 heteroatoms. The fraction of sp³-hybridized carbons (Fsp3) is 0.800. The summed E-state index contributed by atoms with van der Waals surface area (Å²) in [4.78, 5) is 22.1. The van der Waals surface area contributed by atoms with E-state index in [2.05, 4.69) is 5.32 Å². The van der Waals surface area contributed by atoms with E-state index in [1.54, 1.807) is 0 Å². The van der Waals surface area contributed by atoms with Gasteiger partial charge in [-0.05, 0) is 6.42 Å². The molecule has 0 spiro atoms. The van der Waals surface area contributed by atoms with Crippen molar-refractivity contribution in [3.8, 4) is 0 Å². The third-order valence-corrected chi connectivity index (χ3v) is 4.61. The van der Waals surface area contributed by atoms with Gasteiger partial charge in [0.05, 0.1) is 29.9 Å². The van der Waals surface area contributed by atoms with Gasteiger partial charge in [0.1, 0.15) is 0 Å². The maximum Gasteiger partial charge on any atom is 0.306 e. The molecule has 2 unspecified atom stereocenters. The van der Waals surface area contributed by atoms with Crippen LogP contribution in [0.5, 0.6) is 0 Å². The predicted molar refractivity (Wildman–Crippen MR) is 62.8 cm³/mol. The molecule has 1 fully saturated rings. The first-order valence-corrected chi connectivity index (χ1v) is 7.39. The minimum Gasteiger partial charge on any atom is -0.481 e. The van der Waals surface area contributed by atoms with E-state index in [0.717, 1.165) is 0 Å². The largest absolute Gasteiger partial charge is 0.481 e.